The summed E-state index contributed by atoms with van der Waals surface area (Å²) in [6, 6.07) is 0. The summed E-state index contributed by atoms with van der Waals surface area (Å²) in [5.41, 5.74) is 0.474. The third-order valence-electron chi connectivity index (χ3n) is 6.14. The maximum Gasteiger partial charge on any atom is 0.191 e. The third kappa shape index (κ3) is 6.06. The molecule has 7 heteroatoms. The quantitative estimate of drug-likeness (QED) is 0.254. The summed E-state index contributed by atoms with van der Waals surface area (Å²) in [6.07, 6.45) is 12.2. The lowest BCUT2D eigenvalue weighted by Gasteiger charge is -2.40. The molecule has 1 saturated carbocycles. The number of nitrogens with one attached hydrogen (secondary N) is 2. The molecule has 6 nitrogen and oxygen atoms in total. The fraction of sp³-hybridized carbons (Fsp3) is 0.850. The number of nitrogens with zero attached hydrogens (tertiary/aromatic N) is 4. The van der Waals surface area contributed by atoms with Crippen molar-refractivity contribution >= 4 is 29.9 Å². The van der Waals surface area contributed by atoms with Gasteiger partial charge in [0.1, 0.15) is 11.6 Å². The average Bonchev–Trinajstić information content (AvgIpc) is 2.84. The molecule has 1 fully saturated rings. The summed E-state index contributed by atoms with van der Waals surface area (Å²) < 4.78 is 2.36. The fourth-order valence-electron chi connectivity index (χ4n) is 4.07. The molecule has 2 N–H and O–H groups in total. The highest BCUT2D eigenvalue weighted by molar-refractivity contribution is 14.0. The van der Waals surface area contributed by atoms with Crippen LogP contribution in [-0.2, 0) is 19.4 Å². The second kappa shape index (κ2) is 11.2. The van der Waals surface area contributed by atoms with Crippen LogP contribution in [0.4, 0.5) is 0 Å². The number of hydrogen-bond donors (Lipinski definition) is 2. The number of aryl methyl sites for hydroxylation is 2. The molecule has 2 aliphatic rings. The van der Waals surface area contributed by atoms with E-state index in [1.54, 1.807) is 0 Å². The van der Waals surface area contributed by atoms with E-state index in [0.717, 1.165) is 57.2 Å². The van der Waals surface area contributed by atoms with Crippen LogP contribution in [0.25, 0.3) is 0 Å². The van der Waals surface area contributed by atoms with Gasteiger partial charge in [0.05, 0.1) is 0 Å². The van der Waals surface area contributed by atoms with Gasteiger partial charge in [-0.3, -0.25) is 4.99 Å². The van der Waals surface area contributed by atoms with Crippen molar-refractivity contribution in [2.45, 2.75) is 84.6 Å². The van der Waals surface area contributed by atoms with Gasteiger partial charge in [0.2, 0.25) is 0 Å². The van der Waals surface area contributed by atoms with Gasteiger partial charge in [-0.2, -0.15) is 0 Å². The SMILES string of the molecule is CCNC(=NCC1(CC)CCC1)NCCCc1nnc2n1CCCCC2.I. The number of guanidine groups is 1. The van der Waals surface area contributed by atoms with E-state index in [1.165, 1.54) is 50.8 Å². The Morgan fingerprint density at radius 1 is 1.11 bits per heavy atom. The van der Waals surface area contributed by atoms with Crippen molar-refractivity contribution in [1.29, 1.82) is 0 Å². The van der Waals surface area contributed by atoms with Crippen molar-refractivity contribution in [2.24, 2.45) is 10.4 Å². The topological polar surface area (TPSA) is 67.1 Å². The molecule has 3 rings (SSSR count). The van der Waals surface area contributed by atoms with Crippen LogP contribution < -0.4 is 10.6 Å². The zero-order valence-electron chi connectivity index (χ0n) is 17.1. The van der Waals surface area contributed by atoms with Gasteiger partial charge in [-0.1, -0.05) is 19.8 Å². The summed E-state index contributed by atoms with van der Waals surface area (Å²) in [6.45, 7) is 8.30. The maximum absolute atomic E-state index is 4.86. The molecule has 0 unspecified atom stereocenters. The van der Waals surface area contributed by atoms with E-state index in [0.29, 0.717) is 5.41 Å². The van der Waals surface area contributed by atoms with Gasteiger partial charge in [-0.25, -0.2) is 0 Å². The van der Waals surface area contributed by atoms with Gasteiger partial charge in [0.25, 0.3) is 0 Å². The molecular weight excluding hydrogens is 451 g/mol. The van der Waals surface area contributed by atoms with Crippen LogP contribution in [0.1, 0.15) is 76.9 Å². The van der Waals surface area contributed by atoms with Crippen LogP contribution >= 0.6 is 24.0 Å². The molecule has 0 atom stereocenters. The Balaban J connectivity index is 0.00000261. The molecule has 0 saturated heterocycles. The Kier molecular flexibility index (Phi) is 9.32. The fourth-order valence-corrected chi connectivity index (χ4v) is 4.07. The largest absolute Gasteiger partial charge is 0.357 e. The zero-order chi connectivity index (χ0) is 18.2. The van der Waals surface area contributed by atoms with E-state index in [-0.39, 0.29) is 24.0 Å². The van der Waals surface area contributed by atoms with Crippen LogP contribution in [0.3, 0.4) is 0 Å². The lowest BCUT2D eigenvalue weighted by molar-refractivity contribution is 0.139. The number of aromatic nitrogens is 3. The smallest absolute Gasteiger partial charge is 0.191 e. The third-order valence-corrected chi connectivity index (χ3v) is 6.14. The van der Waals surface area contributed by atoms with Crippen molar-refractivity contribution in [3.63, 3.8) is 0 Å². The molecule has 2 heterocycles. The van der Waals surface area contributed by atoms with Crippen LogP contribution in [0, 0.1) is 5.41 Å². The lowest BCUT2D eigenvalue weighted by atomic mass is 9.67. The Labute approximate surface area is 181 Å². The Hall–Kier alpha value is -0.860. The highest BCUT2D eigenvalue weighted by Crippen LogP contribution is 2.43. The van der Waals surface area contributed by atoms with E-state index in [1.807, 2.05) is 0 Å². The summed E-state index contributed by atoms with van der Waals surface area (Å²) in [4.78, 5) is 4.86. The standard InChI is InChI=1S/C20H36N6.HI/c1-3-20(12-9-13-20)16-23-19(21-4-2)22-14-8-11-18-25-24-17-10-6-5-7-15-26(17)18;/h3-16H2,1-2H3,(H2,21,22,23);1H. The van der Waals surface area contributed by atoms with Gasteiger partial charge in [0.15, 0.2) is 5.96 Å². The van der Waals surface area contributed by atoms with Crippen molar-refractivity contribution in [3.8, 4) is 0 Å². The van der Waals surface area contributed by atoms with Crippen LogP contribution in [0.5, 0.6) is 0 Å². The van der Waals surface area contributed by atoms with E-state index in [4.69, 9.17) is 4.99 Å². The molecule has 0 amide bonds. The molecule has 1 aromatic heterocycles. The lowest BCUT2D eigenvalue weighted by Crippen LogP contribution is -2.40. The first-order chi connectivity index (χ1) is 12.8. The summed E-state index contributed by atoms with van der Waals surface area (Å²) in [5.74, 6) is 3.31. The molecule has 1 aliphatic heterocycles. The van der Waals surface area contributed by atoms with Crippen molar-refractivity contribution < 1.29 is 0 Å². The zero-order valence-corrected chi connectivity index (χ0v) is 19.4. The minimum absolute atomic E-state index is 0. The average molecular weight is 488 g/mol. The molecule has 0 bridgehead atoms. The van der Waals surface area contributed by atoms with E-state index >= 15 is 0 Å². The summed E-state index contributed by atoms with van der Waals surface area (Å²) in [5, 5.41) is 15.7. The minimum atomic E-state index is 0. The second-order valence-corrected chi connectivity index (χ2v) is 7.93. The Morgan fingerprint density at radius 2 is 1.96 bits per heavy atom. The molecular formula is C20H37IN6. The first-order valence-corrected chi connectivity index (χ1v) is 10.7. The number of aliphatic imine (C=N–C) groups is 1. The minimum Gasteiger partial charge on any atom is -0.357 e. The number of hydrogen-bond acceptors (Lipinski definition) is 3. The Bertz CT molecular complexity index is 588. The number of fused-ring (bicyclic) bond motifs is 1. The molecule has 154 valence electrons. The van der Waals surface area contributed by atoms with Crippen LogP contribution in [0.15, 0.2) is 4.99 Å². The molecule has 1 aliphatic carbocycles. The molecule has 1 aromatic rings. The van der Waals surface area contributed by atoms with Crippen molar-refractivity contribution in [3.05, 3.63) is 11.6 Å². The monoisotopic (exact) mass is 488 g/mol. The highest BCUT2D eigenvalue weighted by Gasteiger charge is 2.34. The van der Waals surface area contributed by atoms with E-state index in [2.05, 4.69) is 39.2 Å². The van der Waals surface area contributed by atoms with Gasteiger partial charge in [-0.15, -0.1) is 34.2 Å². The van der Waals surface area contributed by atoms with Crippen LogP contribution in [0.2, 0.25) is 0 Å². The molecule has 0 aromatic carbocycles. The number of rotatable bonds is 8. The van der Waals surface area contributed by atoms with Gasteiger partial charge in [0, 0.05) is 39.0 Å². The maximum atomic E-state index is 4.86. The molecule has 0 spiro atoms. The van der Waals surface area contributed by atoms with E-state index < -0.39 is 0 Å². The predicted molar refractivity (Wildman–Crippen MR) is 122 cm³/mol. The van der Waals surface area contributed by atoms with E-state index in [9.17, 15) is 0 Å². The van der Waals surface area contributed by atoms with Crippen molar-refractivity contribution in [1.82, 2.24) is 25.4 Å². The predicted octanol–water partition coefficient (Wildman–Crippen LogP) is 3.69. The van der Waals surface area contributed by atoms with Crippen LogP contribution in [-0.4, -0.2) is 40.4 Å². The second-order valence-electron chi connectivity index (χ2n) is 7.93. The van der Waals surface area contributed by atoms with Gasteiger partial charge >= 0.3 is 0 Å². The first kappa shape index (κ1) is 22.4. The first-order valence-electron chi connectivity index (χ1n) is 10.7. The highest BCUT2D eigenvalue weighted by atomic mass is 127. The molecule has 27 heavy (non-hydrogen) atoms. The molecule has 0 radical (unpaired) electrons. The van der Waals surface area contributed by atoms with Gasteiger partial charge in [-0.05, 0) is 50.9 Å². The summed E-state index contributed by atoms with van der Waals surface area (Å²) >= 11 is 0. The Morgan fingerprint density at radius 3 is 2.67 bits per heavy atom. The summed E-state index contributed by atoms with van der Waals surface area (Å²) in [7, 11) is 0. The van der Waals surface area contributed by atoms with Crippen molar-refractivity contribution in [2.75, 3.05) is 19.6 Å². The van der Waals surface area contributed by atoms with Gasteiger partial charge < -0.3 is 15.2 Å². The normalized spacial score (nSPS) is 18.7. The number of halogens is 1.